The smallest absolute Gasteiger partial charge is 0.139 e. The second-order valence-corrected chi connectivity index (χ2v) is 8.09. The maximum atomic E-state index is 13.2. The van der Waals surface area contributed by atoms with Crippen molar-refractivity contribution in [3.63, 3.8) is 0 Å². The summed E-state index contributed by atoms with van der Waals surface area (Å²) in [4.78, 5) is 19.7. The summed E-state index contributed by atoms with van der Waals surface area (Å²) < 4.78 is 13.2. The molecule has 0 saturated carbocycles. The molecule has 0 bridgehead atoms. The van der Waals surface area contributed by atoms with E-state index in [1.165, 1.54) is 23.3 Å². The lowest BCUT2D eigenvalue weighted by Crippen LogP contribution is -2.34. The van der Waals surface area contributed by atoms with Gasteiger partial charge >= 0.3 is 0 Å². The molecule has 5 rings (SSSR count). The highest BCUT2D eigenvalue weighted by Crippen LogP contribution is 2.35. The molecule has 1 aromatic carbocycles. The van der Waals surface area contributed by atoms with Gasteiger partial charge in [-0.1, -0.05) is 11.6 Å². The van der Waals surface area contributed by atoms with E-state index in [-0.39, 0.29) is 5.82 Å². The Labute approximate surface area is 169 Å². The van der Waals surface area contributed by atoms with Crippen LogP contribution in [0.25, 0.3) is 17.3 Å². The Balaban J connectivity index is 1.33. The maximum Gasteiger partial charge on any atom is 0.139 e. The number of nitrogens with one attached hydrogen (secondary N) is 1. The molecule has 29 heavy (non-hydrogen) atoms. The van der Waals surface area contributed by atoms with Crippen LogP contribution in [0.2, 0.25) is 0 Å². The molecule has 3 heterocycles. The van der Waals surface area contributed by atoms with Crippen molar-refractivity contribution in [2.24, 2.45) is 0 Å². The molecule has 1 N–H and O–H groups in total. The minimum absolute atomic E-state index is 0.226. The largest absolute Gasteiger partial charge is 0.356 e. The zero-order valence-electron chi connectivity index (χ0n) is 16.7. The molecule has 1 fully saturated rings. The highest BCUT2D eigenvalue weighted by Gasteiger charge is 2.27. The summed E-state index contributed by atoms with van der Waals surface area (Å²) in [6.45, 7) is 6.08. The average Bonchev–Trinajstić information content (AvgIpc) is 3.30. The number of allylic oxidation sites excluding steroid dienone is 1. The molecule has 1 aliphatic heterocycles. The molecule has 6 heteroatoms. The lowest BCUT2D eigenvalue weighted by Gasteiger charge is -2.32. The van der Waals surface area contributed by atoms with Gasteiger partial charge < -0.3 is 9.88 Å². The molecular formula is C23H24FN5. The maximum absolute atomic E-state index is 13.2. The van der Waals surface area contributed by atoms with E-state index >= 15 is 0 Å². The molecule has 0 radical (unpaired) electrons. The van der Waals surface area contributed by atoms with Gasteiger partial charge in [0, 0.05) is 42.2 Å². The van der Waals surface area contributed by atoms with Crippen molar-refractivity contribution in [1.29, 1.82) is 0 Å². The molecule has 3 aromatic rings. The third-order valence-corrected chi connectivity index (χ3v) is 5.98. The van der Waals surface area contributed by atoms with Gasteiger partial charge in [0.1, 0.15) is 23.8 Å². The van der Waals surface area contributed by atoms with E-state index in [9.17, 15) is 4.39 Å². The number of aryl methyl sites for hydroxylation is 1. The number of aromatic amines is 1. The van der Waals surface area contributed by atoms with E-state index in [2.05, 4.69) is 32.9 Å². The Hall–Kier alpha value is -3.02. The minimum Gasteiger partial charge on any atom is -0.356 e. The third-order valence-electron chi connectivity index (χ3n) is 5.98. The molecule has 0 unspecified atom stereocenters. The molecule has 0 spiro atoms. The van der Waals surface area contributed by atoms with Crippen molar-refractivity contribution in [2.75, 3.05) is 18.0 Å². The Bertz CT molecular complexity index is 1080. The molecule has 148 valence electrons. The second-order valence-electron chi connectivity index (χ2n) is 8.09. The Morgan fingerprint density at radius 2 is 1.83 bits per heavy atom. The number of rotatable bonds is 3. The van der Waals surface area contributed by atoms with Crippen molar-refractivity contribution < 1.29 is 4.39 Å². The summed E-state index contributed by atoms with van der Waals surface area (Å²) in [6, 6.07) is 6.54. The zero-order valence-corrected chi connectivity index (χ0v) is 16.7. The monoisotopic (exact) mass is 389 g/mol. The molecule has 1 saturated heterocycles. The van der Waals surface area contributed by atoms with Gasteiger partial charge in [0.2, 0.25) is 0 Å². The van der Waals surface area contributed by atoms with Crippen molar-refractivity contribution in [3.05, 3.63) is 64.8 Å². The summed E-state index contributed by atoms with van der Waals surface area (Å²) in [5.41, 5.74) is 6.56. The molecule has 2 aromatic heterocycles. The van der Waals surface area contributed by atoms with Gasteiger partial charge in [0.15, 0.2) is 0 Å². The normalized spacial score (nSPS) is 16.8. The Morgan fingerprint density at radius 3 is 2.59 bits per heavy atom. The fraction of sp³-hybridized carbons (Fsp3) is 0.348. The fourth-order valence-corrected chi connectivity index (χ4v) is 4.45. The van der Waals surface area contributed by atoms with Crippen molar-refractivity contribution in [2.45, 2.75) is 39.0 Å². The van der Waals surface area contributed by atoms with E-state index < -0.39 is 0 Å². The first-order chi connectivity index (χ1) is 14.1. The van der Waals surface area contributed by atoms with Crippen molar-refractivity contribution >= 4 is 11.9 Å². The minimum atomic E-state index is -0.226. The van der Waals surface area contributed by atoms with Crippen molar-refractivity contribution in [1.82, 2.24) is 19.9 Å². The van der Waals surface area contributed by atoms with Crippen LogP contribution in [0, 0.1) is 12.7 Å². The second kappa shape index (κ2) is 7.10. The summed E-state index contributed by atoms with van der Waals surface area (Å²) in [6.07, 6.45) is 6.90. The van der Waals surface area contributed by atoms with Crippen LogP contribution in [0.1, 0.15) is 48.5 Å². The number of halogens is 1. The van der Waals surface area contributed by atoms with Gasteiger partial charge in [0.05, 0.1) is 11.4 Å². The topological polar surface area (TPSA) is 57.7 Å². The Kier molecular flexibility index (Phi) is 4.42. The lowest BCUT2D eigenvalue weighted by molar-refractivity contribution is 0.486. The van der Waals surface area contributed by atoms with Crippen LogP contribution in [0.3, 0.4) is 0 Å². The van der Waals surface area contributed by atoms with Crippen LogP contribution in [0.5, 0.6) is 0 Å². The van der Waals surface area contributed by atoms with Gasteiger partial charge in [-0.3, -0.25) is 0 Å². The van der Waals surface area contributed by atoms with Gasteiger partial charge in [0.25, 0.3) is 0 Å². The summed E-state index contributed by atoms with van der Waals surface area (Å²) >= 11 is 0. The van der Waals surface area contributed by atoms with E-state index in [4.69, 9.17) is 4.98 Å². The number of imidazole rings is 1. The standard InChI is InChI=1S/C23H24FN5/c1-14-11-19-20(12-14)25-13-26-23(19)29-9-7-17(8-10-29)22-27-15(2)21(28-22)16-3-5-18(24)6-4-16/h3-6,11,13,17H,7-10,12H2,1-2H3,(H,27,28). The SMILES string of the molecule is CC1=Cc2c(ncnc2N2CCC(c3nc(-c4ccc(F)cc4)c(C)[nH]3)CC2)C1. The highest BCUT2D eigenvalue weighted by atomic mass is 19.1. The number of anilines is 1. The zero-order chi connectivity index (χ0) is 20.0. The van der Waals surface area contributed by atoms with Crippen molar-refractivity contribution in [3.8, 4) is 11.3 Å². The third kappa shape index (κ3) is 3.33. The summed E-state index contributed by atoms with van der Waals surface area (Å²) in [7, 11) is 0. The van der Waals surface area contributed by atoms with Crippen LogP contribution in [0.4, 0.5) is 10.2 Å². The van der Waals surface area contributed by atoms with Crippen LogP contribution in [0.15, 0.2) is 36.2 Å². The number of fused-ring (bicyclic) bond motifs is 1. The fourth-order valence-electron chi connectivity index (χ4n) is 4.45. The number of piperidine rings is 1. The van der Waals surface area contributed by atoms with Crippen LogP contribution < -0.4 is 4.90 Å². The lowest BCUT2D eigenvalue weighted by atomic mass is 9.96. The van der Waals surface area contributed by atoms with Gasteiger partial charge in [-0.05, 0) is 51.0 Å². The first-order valence-corrected chi connectivity index (χ1v) is 10.2. The summed E-state index contributed by atoms with van der Waals surface area (Å²) in [5, 5.41) is 0. The van der Waals surface area contributed by atoms with Crippen LogP contribution in [-0.4, -0.2) is 33.0 Å². The van der Waals surface area contributed by atoms with Crippen LogP contribution in [-0.2, 0) is 6.42 Å². The number of benzene rings is 1. The molecule has 5 nitrogen and oxygen atoms in total. The van der Waals surface area contributed by atoms with Gasteiger partial charge in [-0.15, -0.1) is 0 Å². The number of nitrogens with zero attached hydrogens (tertiary/aromatic N) is 4. The predicted molar refractivity (Wildman–Crippen MR) is 112 cm³/mol. The molecule has 2 aliphatic rings. The molecule has 0 amide bonds. The van der Waals surface area contributed by atoms with Gasteiger partial charge in [-0.25, -0.2) is 19.3 Å². The quantitative estimate of drug-likeness (QED) is 0.708. The average molecular weight is 389 g/mol. The molecule has 1 aliphatic carbocycles. The molecule has 0 atom stereocenters. The number of hydrogen-bond acceptors (Lipinski definition) is 4. The number of H-pyrrole nitrogens is 1. The van der Waals surface area contributed by atoms with E-state index in [1.54, 1.807) is 18.5 Å². The first-order valence-electron chi connectivity index (χ1n) is 10.2. The van der Waals surface area contributed by atoms with E-state index in [1.807, 2.05) is 6.92 Å². The number of aromatic nitrogens is 4. The predicted octanol–water partition coefficient (Wildman–Crippen LogP) is 4.66. The number of hydrogen-bond donors (Lipinski definition) is 1. The van der Waals surface area contributed by atoms with E-state index in [0.29, 0.717) is 5.92 Å². The molecular weight excluding hydrogens is 365 g/mol. The van der Waals surface area contributed by atoms with Crippen LogP contribution >= 0.6 is 0 Å². The Morgan fingerprint density at radius 1 is 1.07 bits per heavy atom. The summed E-state index contributed by atoms with van der Waals surface area (Å²) in [5.74, 6) is 2.26. The van der Waals surface area contributed by atoms with Gasteiger partial charge in [-0.2, -0.15) is 0 Å². The highest BCUT2D eigenvalue weighted by molar-refractivity contribution is 5.71. The first kappa shape index (κ1) is 18.0. The van der Waals surface area contributed by atoms with E-state index in [0.717, 1.165) is 66.6 Å².